The van der Waals surface area contributed by atoms with Crippen molar-refractivity contribution in [3.8, 4) is 17.6 Å². The largest absolute Gasteiger partial charge is 0.456 e. The predicted molar refractivity (Wildman–Crippen MR) is 130 cm³/mol. The highest BCUT2D eigenvalue weighted by atomic mass is 35.5. The third-order valence-electron chi connectivity index (χ3n) is 6.29. The summed E-state index contributed by atoms with van der Waals surface area (Å²) >= 11 is 12.2. The number of sulfonamides is 1. The van der Waals surface area contributed by atoms with Crippen molar-refractivity contribution in [2.75, 3.05) is 26.2 Å². The molecule has 6 nitrogen and oxygen atoms in total. The van der Waals surface area contributed by atoms with Crippen LogP contribution < -0.4 is 4.74 Å². The maximum absolute atomic E-state index is 14.0. The zero-order valence-corrected chi connectivity index (χ0v) is 20.7. The summed E-state index contributed by atoms with van der Waals surface area (Å²) in [6.45, 7) is 3.14. The summed E-state index contributed by atoms with van der Waals surface area (Å²) in [4.78, 5) is 2.31. The molecule has 0 aromatic heterocycles. The minimum Gasteiger partial charge on any atom is -0.456 e. The Hall–Kier alpha value is -1.82. The second kappa shape index (κ2) is 10.6. The number of hydrogen-bond donors (Lipinski definition) is 0. The van der Waals surface area contributed by atoms with E-state index in [9.17, 15) is 13.7 Å². The van der Waals surface area contributed by atoms with Crippen LogP contribution in [0.25, 0.3) is 0 Å². The summed E-state index contributed by atoms with van der Waals surface area (Å²) in [5, 5.41) is 10.2. The average Bonchev–Trinajstić information content (AvgIpc) is 3.48. The molecule has 0 N–H and O–H groups in total. The first-order valence-corrected chi connectivity index (χ1v) is 13.5. The average molecular weight is 508 g/mol. The third-order valence-corrected chi connectivity index (χ3v) is 8.70. The molecule has 0 atom stereocenters. The topological polar surface area (TPSA) is 73.6 Å². The number of nitrogens with zero attached hydrogens (tertiary/aromatic N) is 3. The molecular weight excluding hydrogens is 481 g/mol. The van der Waals surface area contributed by atoms with Gasteiger partial charge in [0.05, 0.1) is 11.6 Å². The first-order valence-electron chi connectivity index (χ1n) is 11.3. The molecule has 1 aliphatic heterocycles. The van der Waals surface area contributed by atoms with Crippen LogP contribution in [0.1, 0.15) is 44.1 Å². The van der Waals surface area contributed by atoms with Crippen LogP contribution in [0.5, 0.6) is 11.5 Å². The first kappa shape index (κ1) is 24.3. The van der Waals surface area contributed by atoms with E-state index >= 15 is 0 Å². The minimum absolute atomic E-state index is 0.00836. The van der Waals surface area contributed by atoms with E-state index < -0.39 is 10.0 Å². The molecule has 0 bridgehead atoms. The SMILES string of the molecule is N#Cc1ccc(Oc2cc(Cl)cc(Cl)c2)c(S(=O)(=O)N(CCN2CCCC2)C2CCCC2)c1. The van der Waals surface area contributed by atoms with Gasteiger partial charge in [0.2, 0.25) is 10.0 Å². The van der Waals surface area contributed by atoms with Gasteiger partial charge in [0.25, 0.3) is 0 Å². The van der Waals surface area contributed by atoms with Crippen LogP contribution in [0.15, 0.2) is 41.3 Å². The quantitative estimate of drug-likeness (QED) is 0.458. The van der Waals surface area contributed by atoms with Gasteiger partial charge >= 0.3 is 0 Å². The van der Waals surface area contributed by atoms with E-state index in [1.165, 1.54) is 12.1 Å². The molecule has 1 saturated carbocycles. The number of halogens is 2. The van der Waals surface area contributed by atoms with E-state index in [0.29, 0.717) is 28.9 Å². The molecule has 0 unspecified atom stereocenters. The number of ether oxygens (including phenoxy) is 1. The minimum atomic E-state index is -3.92. The summed E-state index contributed by atoms with van der Waals surface area (Å²) in [6, 6.07) is 11.2. The van der Waals surface area contributed by atoms with Gasteiger partial charge in [-0.15, -0.1) is 0 Å². The normalized spacial score (nSPS) is 17.5. The zero-order valence-electron chi connectivity index (χ0n) is 18.3. The molecule has 33 heavy (non-hydrogen) atoms. The van der Waals surface area contributed by atoms with Crippen LogP contribution in [-0.2, 0) is 10.0 Å². The Labute approximate surface area is 205 Å². The molecule has 1 heterocycles. The molecule has 2 aromatic carbocycles. The van der Waals surface area contributed by atoms with Gasteiger partial charge in [0.1, 0.15) is 16.4 Å². The molecule has 4 rings (SSSR count). The zero-order chi connectivity index (χ0) is 23.4. The van der Waals surface area contributed by atoms with Gasteiger partial charge in [0.15, 0.2) is 0 Å². The highest BCUT2D eigenvalue weighted by Crippen LogP contribution is 2.36. The molecule has 0 amide bonds. The number of likely N-dealkylation sites (tertiary alicyclic amines) is 1. The van der Waals surface area contributed by atoms with Crippen molar-refractivity contribution in [2.45, 2.75) is 49.5 Å². The molecular formula is C24H27Cl2N3O3S. The van der Waals surface area contributed by atoms with Crippen molar-refractivity contribution < 1.29 is 13.2 Å². The Bertz CT molecular complexity index is 1120. The van der Waals surface area contributed by atoms with Crippen molar-refractivity contribution in [1.29, 1.82) is 5.26 Å². The fourth-order valence-corrected chi connectivity index (χ4v) is 6.97. The van der Waals surface area contributed by atoms with Crippen LogP contribution in [0, 0.1) is 11.3 Å². The van der Waals surface area contributed by atoms with Crippen molar-refractivity contribution in [1.82, 2.24) is 9.21 Å². The molecule has 2 fully saturated rings. The lowest BCUT2D eigenvalue weighted by Gasteiger charge is -2.30. The van der Waals surface area contributed by atoms with Crippen molar-refractivity contribution in [3.63, 3.8) is 0 Å². The standard InChI is InChI=1S/C24H27Cl2N3O3S/c25-19-14-20(26)16-22(15-19)32-23-8-7-18(17-27)13-24(23)33(30,31)29(21-5-1-2-6-21)12-11-28-9-3-4-10-28/h7-8,13-16,21H,1-6,9-12H2. The van der Waals surface area contributed by atoms with Gasteiger partial charge in [-0.1, -0.05) is 36.0 Å². The summed E-state index contributed by atoms with van der Waals surface area (Å²) in [6.07, 6.45) is 6.03. The Kier molecular flexibility index (Phi) is 7.83. The third kappa shape index (κ3) is 5.82. The van der Waals surface area contributed by atoms with Crippen molar-refractivity contribution in [3.05, 3.63) is 52.0 Å². The Morgan fingerprint density at radius 1 is 1.03 bits per heavy atom. The summed E-state index contributed by atoms with van der Waals surface area (Å²) in [7, 11) is -3.92. The second-order valence-corrected chi connectivity index (χ2v) is 11.3. The van der Waals surface area contributed by atoms with Crippen LogP contribution >= 0.6 is 23.2 Å². The van der Waals surface area contributed by atoms with Crippen LogP contribution in [0.2, 0.25) is 10.0 Å². The van der Waals surface area contributed by atoms with Gasteiger partial charge in [-0.25, -0.2) is 8.42 Å². The monoisotopic (exact) mass is 507 g/mol. The lowest BCUT2D eigenvalue weighted by atomic mass is 10.2. The summed E-state index contributed by atoms with van der Waals surface area (Å²) in [5.74, 6) is 0.481. The van der Waals surface area contributed by atoms with E-state index in [-0.39, 0.29) is 22.3 Å². The van der Waals surface area contributed by atoms with E-state index in [4.69, 9.17) is 27.9 Å². The van der Waals surface area contributed by atoms with E-state index in [2.05, 4.69) is 4.90 Å². The fraction of sp³-hybridized carbons (Fsp3) is 0.458. The van der Waals surface area contributed by atoms with Gasteiger partial charge < -0.3 is 9.64 Å². The van der Waals surface area contributed by atoms with Crippen molar-refractivity contribution in [2.24, 2.45) is 0 Å². The molecule has 176 valence electrons. The predicted octanol–water partition coefficient (Wildman–Crippen LogP) is 5.69. The molecule has 0 radical (unpaired) electrons. The number of benzene rings is 2. The molecule has 9 heteroatoms. The fourth-order valence-electron chi connectivity index (χ4n) is 4.64. The van der Waals surface area contributed by atoms with E-state index in [1.54, 1.807) is 28.6 Å². The van der Waals surface area contributed by atoms with Crippen molar-refractivity contribution >= 4 is 33.2 Å². The lowest BCUT2D eigenvalue weighted by Crippen LogP contribution is -2.43. The molecule has 2 aromatic rings. The number of hydrogen-bond acceptors (Lipinski definition) is 5. The van der Waals surface area contributed by atoms with E-state index in [1.807, 2.05) is 6.07 Å². The summed E-state index contributed by atoms with van der Waals surface area (Å²) in [5.41, 5.74) is 0.260. The highest BCUT2D eigenvalue weighted by molar-refractivity contribution is 7.89. The lowest BCUT2D eigenvalue weighted by molar-refractivity contribution is 0.259. The Balaban J connectivity index is 1.70. The van der Waals surface area contributed by atoms with Crippen LogP contribution in [0.4, 0.5) is 0 Å². The second-order valence-electron chi connectivity index (χ2n) is 8.58. The molecule has 0 spiro atoms. The van der Waals surface area contributed by atoms with Crippen LogP contribution in [0.3, 0.4) is 0 Å². The Morgan fingerprint density at radius 2 is 1.70 bits per heavy atom. The Morgan fingerprint density at radius 3 is 2.33 bits per heavy atom. The van der Waals surface area contributed by atoms with Gasteiger partial charge in [-0.2, -0.15) is 9.57 Å². The number of nitriles is 1. The summed E-state index contributed by atoms with van der Waals surface area (Å²) < 4.78 is 35.6. The van der Waals surface area contributed by atoms with Gasteiger partial charge in [-0.3, -0.25) is 0 Å². The van der Waals surface area contributed by atoms with Gasteiger partial charge in [-0.05, 0) is 75.2 Å². The highest BCUT2D eigenvalue weighted by Gasteiger charge is 2.35. The smallest absolute Gasteiger partial charge is 0.247 e. The van der Waals surface area contributed by atoms with Crippen LogP contribution in [-0.4, -0.2) is 49.8 Å². The first-order chi connectivity index (χ1) is 15.9. The molecule has 1 saturated heterocycles. The molecule has 1 aliphatic carbocycles. The maximum atomic E-state index is 14.0. The number of rotatable bonds is 8. The van der Waals surface area contributed by atoms with E-state index in [0.717, 1.165) is 51.6 Å². The van der Waals surface area contributed by atoms with Gasteiger partial charge in [0, 0.05) is 29.2 Å². The molecule has 2 aliphatic rings. The maximum Gasteiger partial charge on any atom is 0.247 e.